The lowest BCUT2D eigenvalue weighted by Gasteiger charge is -2.13. The lowest BCUT2D eigenvalue weighted by atomic mass is 10.1. The molecular weight excluding hydrogens is 462 g/mol. The fourth-order valence-electron chi connectivity index (χ4n) is 2.92. The van der Waals surface area contributed by atoms with E-state index in [1.54, 1.807) is 61.5 Å². The van der Waals surface area contributed by atoms with Gasteiger partial charge in [-0.15, -0.1) is 11.8 Å². The van der Waals surface area contributed by atoms with Crippen LogP contribution in [0.15, 0.2) is 76.5 Å². The zero-order chi connectivity index (χ0) is 24.0. The normalized spacial score (nSPS) is 11.0. The summed E-state index contributed by atoms with van der Waals surface area (Å²) in [4.78, 5) is 24.7. The second-order valence-electron chi connectivity index (χ2n) is 7.02. The van der Waals surface area contributed by atoms with E-state index >= 15 is 0 Å². The molecule has 0 unspecified atom stereocenters. The molecule has 8 nitrogen and oxygen atoms in total. The largest absolute Gasteiger partial charge is 0.497 e. The summed E-state index contributed by atoms with van der Waals surface area (Å²) in [5, 5.41) is 2.79. The second kappa shape index (κ2) is 10.4. The number of amides is 2. The van der Waals surface area contributed by atoms with Crippen LogP contribution in [-0.2, 0) is 14.8 Å². The van der Waals surface area contributed by atoms with Crippen molar-refractivity contribution in [3.63, 3.8) is 0 Å². The first-order valence-corrected chi connectivity index (χ1v) is 12.3. The molecule has 3 rings (SSSR count). The van der Waals surface area contributed by atoms with Crippen molar-refractivity contribution in [1.29, 1.82) is 0 Å². The average molecular weight is 486 g/mol. The third-order valence-electron chi connectivity index (χ3n) is 4.61. The highest BCUT2D eigenvalue weighted by atomic mass is 32.2. The molecule has 0 spiro atoms. The van der Waals surface area contributed by atoms with Crippen LogP contribution in [0.4, 0.5) is 11.4 Å². The molecule has 0 aromatic heterocycles. The van der Waals surface area contributed by atoms with Gasteiger partial charge < -0.3 is 15.8 Å². The van der Waals surface area contributed by atoms with Gasteiger partial charge in [-0.3, -0.25) is 14.3 Å². The topological polar surface area (TPSA) is 128 Å². The summed E-state index contributed by atoms with van der Waals surface area (Å²) < 4.78 is 33.3. The summed E-state index contributed by atoms with van der Waals surface area (Å²) in [6.45, 7) is 1.72. The molecule has 0 heterocycles. The number of hydrogen-bond acceptors (Lipinski definition) is 6. The average Bonchev–Trinajstić information content (AvgIpc) is 2.78. The summed E-state index contributed by atoms with van der Waals surface area (Å²) in [5.74, 6) is -0.279. The fourth-order valence-corrected chi connectivity index (χ4v) is 4.75. The van der Waals surface area contributed by atoms with Gasteiger partial charge in [-0.05, 0) is 61.0 Å². The van der Waals surface area contributed by atoms with E-state index in [4.69, 9.17) is 10.5 Å². The molecule has 172 valence electrons. The second-order valence-corrected chi connectivity index (χ2v) is 9.72. The smallest absolute Gasteiger partial charge is 0.261 e. The number of para-hydroxylation sites is 1. The maximum atomic E-state index is 13.0. The van der Waals surface area contributed by atoms with Gasteiger partial charge in [-0.25, -0.2) is 8.42 Å². The fraction of sp³-hybridized carbons (Fsp3) is 0.130. The first-order chi connectivity index (χ1) is 15.7. The Labute approximate surface area is 196 Å². The summed E-state index contributed by atoms with van der Waals surface area (Å²) in [6.07, 6.45) is 0. The highest BCUT2D eigenvalue weighted by molar-refractivity contribution is 8.00. The molecule has 0 bridgehead atoms. The number of ether oxygens (including phenoxy) is 1. The molecule has 0 radical (unpaired) electrons. The number of nitrogens with one attached hydrogen (secondary N) is 2. The lowest BCUT2D eigenvalue weighted by molar-refractivity contribution is -0.115. The minimum absolute atomic E-state index is 0.0505. The van der Waals surface area contributed by atoms with E-state index in [-0.39, 0.29) is 16.2 Å². The molecular formula is C23H23N3O5S2. The highest BCUT2D eigenvalue weighted by Gasteiger charge is 2.19. The van der Waals surface area contributed by atoms with Gasteiger partial charge in [-0.1, -0.05) is 18.2 Å². The molecule has 4 N–H and O–H groups in total. The molecule has 0 saturated carbocycles. The molecule has 0 aliphatic heterocycles. The van der Waals surface area contributed by atoms with E-state index in [1.807, 2.05) is 0 Å². The first kappa shape index (κ1) is 24.1. The number of aryl methyl sites for hydroxylation is 1. The maximum absolute atomic E-state index is 13.0. The van der Waals surface area contributed by atoms with Gasteiger partial charge >= 0.3 is 0 Å². The lowest BCUT2D eigenvalue weighted by Crippen LogP contribution is -2.17. The number of primary amides is 1. The highest BCUT2D eigenvalue weighted by Crippen LogP contribution is 2.28. The van der Waals surface area contributed by atoms with Crippen LogP contribution < -0.4 is 20.5 Å². The van der Waals surface area contributed by atoms with Crippen molar-refractivity contribution in [2.75, 3.05) is 22.9 Å². The molecule has 0 aliphatic carbocycles. The van der Waals surface area contributed by atoms with Crippen molar-refractivity contribution in [3.8, 4) is 5.75 Å². The number of carbonyl (C=O) groups is 2. The van der Waals surface area contributed by atoms with E-state index in [0.29, 0.717) is 27.6 Å². The zero-order valence-corrected chi connectivity index (χ0v) is 19.6. The van der Waals surface area contributed by atoms with Crippen molar-refractivity contribution in [2.45, 2.75) is 16.7 Å². The molecule has 10 heteroatoms. The molecule has 0 aliphatic rings. The van der Waals surface area contributed by atoms with Crippen molar-refractivity contribution in [3.05, 3.63) is 77.9 Å². The van der Waals surface area contributed by atoms with Gasteiger partial charge in [0.15, 0.2) is 0 Å². The number of anilines is 2. The predicted molar refractivity (Wildman–Crippen MR) is 129 cm³/mol. The minimum Gasteiger partial charge on any atom is -0.497 e. The third-order valence-corrected chi connectivity index (χ3v) is 7.09. The van der Waals surface area contributed by atoms with Crippen LogP contribution in [0.1, 0.15) is 15.9 Å². The van der Waals surface area contributed by atoms with E-state index in [2.05, 4.69) is 10.0 Å². The summed E-state index contributed by atoms with van der Waals surface area (Å²) in [7, 11) is -2.41. The van der Waals surface area contributed by atoms with E-state index in [9.17, 15) is 18.0 Å². The number of nitrogens with two attached hydrogens (primary N) is 1. The van der Waals surface area contributed by atoms with Gasteiger partial charge in [0.2, 0.25) is 5.91 Å². The van der Waals surface area contributed by atoms with E-state index in [0.717, 1.165) is 0 Å². The van der Waals surface area contributed by atoms with E-state index < -0.39 is 21.8 Å². The van der Waals surface area contributed by atoms with Crippen molar-refractivity contribution in [2.24, 2.45) is 5.73 Å². The molecule has 2 amide bonds. The summed E-state index contributed by atoms with van der Waals surface area (Å²) in [5.41, 5.74) is 6.89. The standard InChI is InChI=1S/C23H23N3O5S2/c1-15-7-12-18(33(29,30)26-16-8-10-17(31-2)11-9-16)13-19(15)23(28)25-20-5-3-4-6-21(20)32-14-22(24)27/h3-13,26H,14H2,1-2H3,(H2,24,27)(H,25,28). The molecule has 3 aromatic rings. The Bertz CT molecular complexity index is 1280. The van der Waals surface area contributed by atoms with Crippen LogP contribution in [0.3, 0.4) is 0 Å². The summed E-state index contributed by atoms with van der Waals surface area (Å²) in [6, 6.07) is 17.8. The van der Waals surface area contributed by atoms with Gasteiger partial charge in [0.25, 0.3) is 15.9 Å². The number of thioether (sulfide) groups is 1. The predicted octanol–water partition coefficient (Wildman–Crippen LogP) is 3.63. The van der Waals surface area contributed by atoms with Crippen LogP contribution in [0.2, 0.25) is 0 Å². The van der Waals surface area contributed by atoms with Crippen LogP contribution in [0.25, 0.3) is 0 Å². The Hall–Kier alpha value is -3.50. The Morgan fingerprint density at radius 3 is 2.39 bits per heavy atom. The Morgan fingerprint density at radius 2 is 1.73 bits per heavy atom. The van der Waals surface area contributed by atoms with Crippen LogP contribution >= 0.6 is 11.8 Å². The molecule has 0 saturated heterocycles. The van der Waals surface area contributed by atoms with Crippen molar-refractivity contribution >= 4 is 45.0 Å². The van der Waals surface area contributed by atoms with Crippen LogP contribution in [0.5, 0.6) is 5.75 Å². The van der Waals surface area contributed by atoms with Gasteiger partial charge in [0.1, 0.15) is 5.75 Å². The first-order valence-electron chi connectivity index (χ1n) is 9.78. The van der Waals surface area contributed by atoms with Gasteiger partial charge in [0.05, 0.1) is 23.4 Å². The number of hydrogen-bond donors (Lipinski definition) is 3. The minimum atomic E-state index is -3.93. The van der Waals surface area contributed by atoms with Gasteiger partial charge in [-0.2, -0.15) is 0 Å². The quantitative estimate of drug-likeness (QED) is 0.397. The van der Waals surface area contributed by atoms with Crippen molar-refractivity contribution in [1.82, 2.24) is 0 Å². The Balaban J connectivity index is 1.84. The van der Waals surface area contributed by atoms with E-state index in [1.165, 1.54) is 31.0 Å². The Kier molecular flexibility index (Phi) is 7.62. The number of methoxy groups -OCH3 is 1. The number of carbonyl (C=O) groups excluding carboxylic acids is 2. The number of benzene rings is 3. The van der Waals surface area contributed by atoms with Crippen LogP contribution in [0, 0.1) is 6.92 Å². The Morgan fingerprint density at radius 1 is 1.03 bits per heavy atom. The number of rotatable bonds is 9. The number of sulfonamides is 1. The molecule has 0 fully saturated rings. The van der Waals surface area contributed by atoms with Crippen molar-refractivity contribution < 1.29 is 22.7 Å². The molecule has 0 atom stereocenters. The maximum Gasteiger partial charge on any atom is 0.261 e. The summed E-state index contributed by atoms with van der Waals surface area (Å²) >= 11 is 1.20. The molecule has 33 heavy (non-hydrogen) atoms. The van der Waals surface area contributed by atoms with Crippen LogP contribution in [-0.4, -0.2) is 33.1 Å². The SMILES string of the molecule is COc1ccc(NS(=O)(=O)c2ccc(C)c(C(=O)Nc3ccccc3SCC(N)=O)c2)cc1. The third kappa shape index (κ3) is 6.27. The monoisotopic (exact) mass is 485 g/mol. The zero-order valence-electron chi connectivity index (χ0n) is 18.0. The molecule has 3 aromatic carbocycles. The van der Waals surface area contributed by atoms with Gasteiger partial charge in [0, 0.05) is 16.1 Å².